The van der Waals surface area contributed by atoms with E-state index in [9.17, 15) is 0 Å². The summed E-state index contributed by atoms with van der Waals surface area (Å²) >= 11 is 3.40. The van der Waals surface area contributed by atoms with Gasteiger partial charge in [-0.05, 0) is 17.7 Å². The number of nitrogens with zero attached hydrogens (tertiary/aromatic N) is 2. The van der Waals surface area contributed by atoms with Crippen molar-refractivity contribution in [1.82, 2.24) is 15.5 Å². The van der Waals surface area contributed by atoms with Crippen LogP contribution < -0.4 is 5.32 Å². The van der Waals surface area contributed by atoms with Gasteiger partial charge < -0.3 is 4.52 Å². The molecule has 1 aromatic heterocycles. The van der Waals surface area contributed by atoms with Crippen molar-refractivity contribution < 1.29 is 4.52 Å². The first-order valence-corrected chi connectivity index (χ1v) is 6.27. The van der Waals surface area contributed by atoms with Crippen molar-refractivity contribution in [3.8, 4) is 12.3 Å². The topological polar surface area (TPSA) is 51.0 Å². The summed E-state index contributed by atoms with van der Waals surface area (Å²) in [7, 11) is 0. The number of rotatable bonds is 5. The van der Waals surface area contributed by atoms with E-state index in [0.29, 0.717) is 31.2 Å². The average Bonchev–Trinajstić information content (AvgIpc) is 2.80. The molecule has 0 fully saturated rings. The summed E-state index contributed by atoms with van der Waals surface area (Å²) < 4.78 is 6.16. The Morgan fingerprint density at radius 2 is 2.11 bits per heavy atom. The molecule has 0 unspecified atom stereocenters. The van der Waals surface area contributed by atoms with Crippen LogP contribution in [0, 0.1) is 12.3 Å². The normalized spacial score (nSPS) is 10.2. The second-order valence-electron chi connectivity index (χ2n) is 3.72. The van der Waals surface area contributed by atoms with Crippen LogP contribution in [0.2, 0.25) is 0 Å². The van der Waals surface area contributed by atoms with Crippen molar-refractivity contribution in [3.05, 3.63) is 46.0 Å². The number of nitrogens with one attached hydrogen (secondary N) is 1. The molecule has 2 aromatic rings. The zero-order valence-electron chi connectivity index (χ0n) is 9.69. The number of hydrogen-bond acceptors (Lipinski definition) is 4. The molecule has 0 aliphatic heterocycles. The Morgan fingerprint density at radius 1 is 1.33 bits per heavy atom. The second kappa shape index (κ2) is 6.34. The van der Waals surface area contributed by atoms with Crippen molar-refractivity contribution in [3.63, 3.8) is 0 Å². The van der Waals surface area contributed by atoms with Gasteiger partial charge in [0.15, 0.2) is 5.82 Å². The van der Waals surface area contributed by atoms with Crippen LogP contribution in [-0.4, -0.2) is 16.7 Å². The van der Waals surface area contributed by atoms with Gasteiger partial charge in [0.25, 0.3) is 0 Å². The predicted octanol–water partition coefficient (Wildman–Crippen LogP) is 2.15. The molecule has 0 atom stereocenters. The van der Waals surface area contributed by atoms with Crippen LogP contribution in [0.25, 0.3) is 0 Å². The highest BCUT2D eigenvalue weighted by Gasteiger charge is 2.06. The van der Waals surface area contributed by atoms with E-state index in [1.54, 1.807) is 0 Å². The highest BCUT2D eigenvalue weighted by molar-refractivity contribution is 9.10. The maximum absolute atomic E-state index is 5.13. The predicted molar refractivity (Wildman–Crippen MR) is 71.8 cm³/mol. The van der Waals surface area contributed by atoms with Gasteiger partial charge in [-0.3, -0.25) is 5.32 Å². The van der Waals surface area contributed by atoms with Crippen LogP contribution in [0.3, 0.4) is 0 Å². The lowest BCUT2D eigenvalue weighted by atomic mass is 10.1. The Hall–Kier alpha value is -1.64. The minimum Gasteiger partial charge on any atom is -0.338 e. The van der Waals surface area contributed by atoms with Crippen LogP contribution in [0.5, 0.6) is 0 Å². The molecule has 4 nitrogen and oxygen atoms in total. The minimum atomic E-state index is 0.491. The van der Waals surface area contributed by atoms with E-state index in [1.807, 2.05) is 24.3 Å². The fourth-order valence-electron chi connectivity index (χ4n) is 1.46. The molecular formula is C13H12BrN3O. The van der Waals surface area contributed by atoms with E-state index >= 15 is 0 Å². The van der Waals surface area contributed by atoms with Crippen molar-refractivity contribution in [1.29, 1.82) is 0 Å². The Kier molecular flexibility index (Phi) is 4.51. The average molecular weight is 306 g/mol. The number of halogens is 1. The Morgan fingerprint density at radius 3 is 2.83 bits per heavy atom. The summed E-state index contributed by atoms with van der Waals surface area (Å²) in [5.74, 6) is 3.71. The second-order valence-corrected chi connectivity index (χ2v) is 4.63. The highest BCUT2D eigenvalue weighted by Crippen LogP contribution is 2.12. The van der Waals surface area contributed by atoms with E-state index in [1.165, 1.54) is 0 Å². The van der Waals surface area contributed by atoms with Crippen LogP contribution in [0.1, 0.15) is 17.3 Å². The molecule has 0 aliphatic rings. The van der Waals surface area contributed by atoms with Crippen LogP contribution in [0.4, 0.5) is 0 Å². The van der Waals surface area contributed by atoms with Gasteiger partial charge in [-0.15, -0.1) is 6.42 Å². The molecule has 1 N–H and O–H groups in total. The van der Waals surface area contributed by atoms with Gasteiger partial charge >= 0.3 is 0 Å². The molecular weight excluding hydrogens is 294 g/mol. The fraction of sp³-hybridized carbons (Fsp3) is 0.231. The lowest BCUT2D eigenvalue weighted by Crippen LogP contribution is -2.13. The van der Waals surface area contributed by atoms with Crippen molar-refractivity contribution >= 4 is 15.9 Å². The number of hydrogen-bond donors (Lipinski definition) is 1. The molecule has 0 spiro atoms. The largest absolute Gasteiger partial charge is 0.338 e. The van der Waals surface area contributed by atoms with Gasteiger partial charge in [-0.2, -0.15) is 4.98 Å². The number of aromatic nitrogens is 2. The maximum atomic E-state index is 5.13. The first-order valence-electron chi connectivity index (χ1n) is 5.48. The van der Waals surface area contributed by atoms with Gasteiger partial charge in [0.05, 0.1) is 13.1 Å². The lowest BCUT2D eigenvalue weighted by molar-refractivity contribution is 0.366. The van der Waals surface area contributed by atoms with Crippen molar-refractivity contribution in [2.75, 3.05) is 6.54 Å². The zero-order valence-corrected chi connectivity index (χ0v) is 11.3. The lowest BCUT2D eigenvalue weighted by Gasteiger charge is -1.96. The molecule has 0 saturated heterocycles. The monoisotopic (exact) mass is 305 g/mol. The number of terminal acetylenes is 1. The molecule has 5 heteroatoms. The van der Waals surface area contributed by atoms with Crippen LogP contribution in [0.15, 0.2) is 33.3 Å². The third-order valence-corrected chi connectivity index (χ3v) is 2.82. The third-order valence-electron chi connectivity index (χ3n) is 2.29. The SMILES string of the molecule is C#CCNCc1nc(Cc2ccc(Br)cc2)no1. The third kappa shape index (κ3) is 3.69. The summed E-state index contributed by atoms with van der Waals surface area (Å²) in [6, 6.07) is 8.03. The zero-order chi connectivity index (χ0) is 12.8. The van der Waals surface area contributed by atoms with Gasteiger partial charge in [0.2, 0.25) is 5.89 Å². The molecule has 0 radical (unpaired) electrons. The van der Waals surface area contributed by atoms with Crippen molar-refractivity contribution in [2.24, 2.45) is 0 Å². The van der Waals surface area contributed by atoms with Gasteiger partial charge in [-0.1, -0.05) is 39.1 Å². The van der Waals surface area contributed by atoms with E-state index < -0.39 is 0 Å². The van der Waals surface area contributed by atoms with E-state index in [0.717, 1.165) is 10.0 Å². The Bertz CT molecular complexity index is 542. The molecule has 18 heavy (non-hydrogen) atoms. The van der Waals surface area contributed by atoms with Crippen molar-refractivity contribution in [2.45, 2.75) is 13.0 Å². The van der Waals surface area contributed by atoms with Crippen LogP contribution >= 0.6 is 15.9 Å². The fourth-order valence-corrected chi connectivity index (χ4v) is 1.72. The standard InChI is InChI=1S/C13H12BrN3O/c1-2-7-15-9-13-16-12(17-18-13)8-10-3-5-11(14)6-4-10/h1,3-6,15H,7-9H2. The molecule has 0 saturated carbocycles. The molecule has 2 rings (SSSR count). The summed E-state index contributed by atoms with van der Waals surface area (Å²) in [4.78, 5) is 4.28. The smallest absolute Gasteiger partial charge is 0.240 e. The summed E-state index contributed by atoms with van der Waals surface area (Å²) in [5, 5.41) is 6.92. The molecule has 0 amide bonds. The molecule has 0 bridgehead atoms. The quantitative estimate of drug-likeness (QED) is 0.679. The maximum Gasteiger partial charge on any atom is 0.240 e. The molecule has 0 aliphatic carbocycles. The van der Waals surface area contributed by atoms with Gasteiger partial charge in [-0.25, -0.2) is 0 Å². The van der Waals surface area contributed by atoms with Crippen LogP contribution in [-0.2, 0) is 13.0 Å². The molecule has 1 aromatic carbocycles. The minimum absolute atomic E-state index is 0.491. The van der Waals surface area contributed by atoms with E-state index in [-0.39, 0.29) is 0 Å². The van der Waals surface area contributed by atoms with Gasteiger partial charge in [0, 0.05) is 10.9 Å². The summed E-state index contributed by atoms with van der Waals surface area (Å²) in [6.07, 6.45) is 5.79. The first-order chi connectivity index (χ1) is 8.78. The Labute approximate surface area is 114 Å². The summed E-state index contributed by atoms with van der Waals surface area (Å²) in [5.41, 5.74) is 1.14. The first kappa shape index (κ1) is 12.8. The molecule has 1 heterocycles. The summed E-state index contributed by atoms with van der Waals surface area (Å²) in [6.45, 7) is 0.988. The van der Waals surface area contributed by atoms with E-state index in [2.05, 4.69) is 37.3 Å². The van der Waals surface area contributed by atoms with Gasteiger partial charge in [0.1, 0.15) is 0 Å². The van der Waals surface area contributed by atoms with E-state index in [4.69, 9.17) is 10.9 Å². The number of benzene rings is 1. The highest BCUT2D eigenvalue weighted by atomic mass is 79.9. The molecule has 92 valence electrons. The Balaban J connectivity index is 1.94.